The van der Waals surface area contributed by atoms with E-state index in [0.717, 1.165) is 16.5 Å². The number of azo groups is 1. The fraction of sp³-hybridized carbons (Fsp3) is 0.200. The van der Waals surface area contributed by atoms with E-state index in [9.17, 15) is 10.2 Å². The molecule has 2 aromatic carbocycles. The summed E-state index contributed by atoms with van der Waals surface area (Å²) in [5.74, 6) is 0.382. The molecule has 4 rings (SSSR count). The molecule has 9 heteroatoms. The smallest absolute Gasteiger partial charge is 0.220 e. The summed E-state index contributed by atoms with van der Waals surface area (Å²) in [4.78, 5) is 4.03. The second kappa shape index (κ2) is 8.46. The van der Waals surface area contributed by atoms with Gasteiger partial charge in [-0.3, -0.25) is 5.10 Å². The lowest BCUT2D eigenvalue weighted by Crippen LogP contribution is -2.18. The van der Waals surface area contributed by atoms with Gasteiger partial charge in [0.15, 0.2) is 10.8 Å². The SMILES string of the molecule is Cc1ccc(N=Nc2c(O)n(CC(O)CSc3ncn[nH]3)c3ccccc23)cc1. The Labute approximate surface area is 171 Å². The third-order valence-corrected chi connectivity index (χ3v) is 5.44. The Morgan fingerprint density at radius 1 is 1.14 bits per heavy atom. The molecule has 2 heterocycles. The molecule has 0 aliphatic rings. The molecule has 8 nitrogen and oxygen atoms in total. The Bertz CT molecular complexity index is 1120. The lowest BCUT2D eigenvalue weighted by molar-refractivity contribution is 0.175. The van der Waals surface area contributed by atoms with Crippen LogP contribution >= 0.6 is 11.8 Å². The molecule has 0 spiro atoms. The summed E-state index contributed by atoms with van der Waals surface area (Å²) in [5.41, 5.74) is 3.01. The first-order valence-electron chi connectivity index (χ1n) is 9.06. The van der Waals surface area contributed by atoms with Gasteiger partial charge in [-0.05, 0) is 25.1 Å². The minimum atomic E-state index is -0.700. The van der Waals surface area contributed by atoms with Gasteiger partial charge in [-0.15, -0.1) is 5.11 Å². The van der Waals surface area contributed by atoms with Crippen molar-refractivity contribution < 1.29 is 10.2 Å². The number of aliphatic hydroxyl groups is 1. The van der Waals surface area contributed by atoms with Crippen LogP contribution < -0.4 is 0 Å². The monoisotopic (exact) mass is 408 g/mol. The quantitative estimate of drug-likeness (QED) is 0.311. The normalized spacial score (nSPS) is 12.8. The fourth-order valence-electron chi connectivity index (χ4n) is 2.98. The van der Waals surface area contributed by atoms with Crippen LogP contribution in [0.15, 0.2) is 70.2 Å². The minimum Gasteiger partial charge on any atom is -0.493 e. The molecule has 0 radical (unpaired) electrons. The van der Waals surface area contributed by atoms with Gasteiger partial charge in [-0.25, -0.2) is 4.98 Å². The number of benzene rings is 2. The van der Waals surface area contributed by atoms with Crippen molar-refractivity contribution >= 4 is 34.0 Å². The van der Waals surface area contributed by atoms with E-state index in [1.807, 2.05) is 55.5 Å². The van der Waals surface area contributed by atoms with Gasteiger partial charge in [0, 0.05) is 11.1 Å². The lowest BCUT2D eigenvalue weighted by Gasteiger charge is -2.12. The Kier molecular flexibility index (Phi) is 5.59. The van der Waals surface area contributed by atoms with E-state index in [0.29, 0.717) is 22.3 Å². The molecule has 0 amide bonds. The number of aromatic hydroxyl groups is 1. The van der Waals surface area contributed by atoms with Crippen LogP contribution in [-0.2, 0) is 6.54 Å². The Morgan fingerprint density at radius 2 is 1.93 bits per heavy atom. The van der Waals surface area contributed by atoms with Crippen LogP contribution in [0.1, 0.15) is 5.56 Å². The molecule has 3 N–H and O–H groups in total. The number of aromatic nitrogens is 4. The fourth-order valence-corrected chi connectivity index (χ4v) is 3.67. The van der Waals surface area contributed by atoms with E-state index < -0.39 is 6.10 Å². The number of hydrogen-bond acceptors (Lipinski definition) is 7. The molecule has 148 valence electrons. The molecule has 1 atom stereocenters. The molecule has 0 saturated heterocycles. The molecule has 0 aliphatic heterocycles. The molecular formula is C20H20N6O2S. The first-order chi connectivity index (χ1) is 14.1. The first kappa shape index (κ1) is 19.2. The summed E-state index contributed by atoms with van der Waals surface area (Å²) >= 11 is 1.37. The van der Waals surface area contributed by atoms with Crippen LogP contribution in [0.5, 0.6) is 5.88 Å². The highest BCUT2D eigenvalue weighted by molar-refractivity contribution is 7.99. The third kappa shape index (κ3) is 4.30. The maximum absolute atomic E-state index is 10.8. The van der Waals surface area contributed by atoms with Crippen LogP contribution in [0.25, 0.3) is 10.9 Å². The van der Waals surface area contributed by atoms with E-state index in [1.54, 1.807) is 4.57 Å². The van der Waals surface area contributed by atoms with Crippen molar-refractivity contribution in [1.82, 2.24) is 19.7 Å². The van der Waals surface area contributed by atoms with Crippen LogP contribution in [0.4, 0.5) is 11.4 Å². The molecule has 0 bridgehead atoms. The summed E-state index contributed by atoms with van der Waals surface area (Å²) in [5, 5.41) is 37.7. The van der Waals surface area contributed by atoms with Gasteiger partial charge in [-0.2, -0.15) is 10.2 Å². The predicted octanol–water partition coefficient (Wildman–Crippen LogP) is 4.34. The number of H-pyrrole nitrogens is 1. The predicted molar refractivity (Wildman–Crippen MR) is 112 cm³/mol. The van der Waals surface area contributed by atoms with Crippen molar-refractivity contribution in [1.29, 1.82) is 0 Å². The van der Waals surface area contributed by atoms with Crippen molar-refractivity contribution in [3.05, 3.63) is 60.4 Å². The number of hydrogen-bond donors (Lipinski definition) is 3. The van der Waals surface area contributed by atoms with Crippen molar-refractivity contribution in [2.45, 2.75) is 24.7 Å². The largest absolute Gasteiger partial charge is 0.493 e. The van der Waals surface area contributed by atoms with E-state index in [-0.39, 0.29) is 12.4 Å². The zero-order valence-electron chi connectivity index (χ0n) is 15.7. The summed E-state index contributed by atoms with van der Waals surface area (Å²) in [7, 11) is 0. The van der Waals surface area contributed by atoms with E-state index in [1.165, 1.54) is 18.1 Å². The molecular weight excluding hydrogens is 388 g/mol. The van der Waals surface area contributed by atoms with Crippen molar-refractivity contribution in [2.24, 2.45) is 10.2 Å². The topological polar surface area (TPSA) is 112 Å². The maximum atomic E-state index is 10.8. The van der Waals surface area contributed by atoms with Gasteiger partial charge >= 0.3 is 0 Å². The molecule has 29 heavy (non-hydrogen) atoms. The summed E-state index contributed by atoms with van der Waals surface area (Å²) in [6.07, 6.45) is 0.722. The highest BCUT2D eigenvalue weighted by Gasteiger charge is 2.19. The highest BCUT2D eigenvalue weighted by Crippen LogP contribution is 2.39. The minimum absolute atomic E-state index is 0.0224. The highest BCUT2D eigenvalue weighted by atomic mass is 32.2. The van der Waals surface area contributed by atoms with E-state index in [2.05, 4.69) is 25.4 Å². The van der Waals surface area contributed by atoms with Crippen molar-refractivity contribution in [2.75, 3.05) is 5.75 Å². The summed E-state index contributed by atoms with van der Waals surface area (Å²) in [6.45, 7) is 2.22. The standard InChI is InChI=1S/C20H20N6O2S/c1-13-6-8-14(9-7-13)23-24-18-16-4-2-3-5-17(16)26(19(18)28)10-15(27)11-29-20-21-12-22-25-20/h2-9,12,15,27-28H,10-11H2,1H3,(H,21,22,25). The number of aliphatic hydroxyl groups excluding tert-OH is 1. The molecule has 0 aliphatic carbocycles. The second-order valence-corrected chi connectivity index (χ2v) is 7.60. The van der Waals surface area contributed by atoms with Gasteiger partial charge < -0.3 is 14.8 Å². The number of nitrogens with one attached hydrogen (secondary N) is 1. The van der Waals surface area contributed by atoms with Gasteiger partial charge in [0.05, 0.1) is 23.9 Å². The molecule has 1 unspecified atom stereocenters. The lowest BCUT2D eigenvalue weighted by atomic mass is 10.2. The number of thioether (sulfide) groups is 1. The molecule has 0 saturated carbocycles. The zero-order valence-corrected chi connectivity index (χ0v) is 16.5. The van der Waals surface area contributed by atoms with Crippen molar-refractivity contribution in [3.63, 3.8) is 0 Å². The van der Waals surface area contributed by atoms with Crippen molar-refractivity contribution in [3.8, 4) is 5.88 Å². The average molecular weight is 408 g/mol. The van der Waals surface area contributed by atoms with Gasteiger partial charge in [0.1, 0.15) is 6.33 Å². The Hall–Kier alpha value is -3.17. The van der Waals surface area contributed by atoms with Crippen LogP contribution in [0, 0.1) is 6.92 Å². The molecule has 2 aromatic heterocycles. The maximum Gasteiger partial charge on any atom is 0.220 e. The Morgan fingerprint density at radius 3 is 2.69 bits per heavy atom. The number of aryl methyl sites for hydroxylation is 1. The number of aromatic amines is 1. The average Bonchev–Trinajstić information content (AvgIpc) is 3.34. The summed E-state index contributed by atoms with van der Waals surface area (Å²) in [6, 6.07) is 15.2. The van der Waals surface area contributed by atoms with Gasteiger partial charge in [-0.1, -0.05) is 47.7 Å². The number of nitrogens with zero attached hydrogens (tertiary/aromatic N) is 5. The molecule has 0 fully saturated rings. The number of rotatable bonds is 7. The van der Waals surface area contributed by atoms with Crippen LogP contribution in [0.2, 0.25) is 0 Å². The van der Waals surface area contributed by atoms with Gasteiger partial charge in [0.2, 0.25) is 5.88 Å². The summed E-state index contributed by atoms with van der Waals surface area (Å²) < 4.78 is 1.66. The van der Waals surface area contributed by atoms with E-state index in [4.69, 9.17) is 0 Å². The van der Waals surface area contributed by atoms with E-state index >= 15 is 0 Å². The first-order valence-corrected chi connectivity index (χ1v) is 10.0. The Balaban J connectivity index is 1.59. The zero-order chi connectivity index (χ0) is 20.2. The third-order valence-electron chi connectivity index (χ3n) is 4.42. The molecule has 4 aromatic rings. The number of para-hydroxylation sites is 1. The van der Waals surface area contributed by atoms with Crippen LogP contribution in [0.3, 0.4) is 0 Å². The second-order valence-electron chi connectivity index (χ2n) is 6.59. The van der Waals surface area contributed by atoms with Crippen LogP contribution in [-0.4, -0.2) is 41.8 Å². The number of fused-ring (bicyclic) bond motifs is 1. The van der Waals surface area contributed by atoms with Gasteiger partial charge in [0.25, 0.3) is 0 Å².